The fraction of sp³-hybridized carbons (Fsp3) is 0.500. The Morgan fingerprint density at radius 1 is 1.19 bits per heavy atom. The van der Waals surface area contributed by atoms with Gasteiger partial charge in [0.25, 0.3) is 5.56 Å². The quantitative estimate of drug-likeness (QED) is 0.832. The molecule has 1 aromatic carbocycles. The Morgan fingerprint density at radius 3 is 2.44 bits per heavy atom. The van der Waals surface area contributed by atoms with E-state index >= 15 is 0 Å². The molecule has 1 fully saturated rings. The Labute approximate surface area is 160 Å². The van der Waals surface area contributed by atoms with Crippen molar-refractivity contribution >= 4 is 16.7 Å². The maximum Gasteiger partial charge on any atom is 0.261 e. The molecule has 5 nitrogen and oxygen atoms in total. The van der Waals surface area contributed by atoms with Gasteiger partial charge in [0, 0.05) is 23.7 Å². The van der Waals surface area contributed by atoms with Crippen molar-refractivity contribution in [3.63, 3.8) is 0 Å². The molecule has 1 heterocycles. The maximum absolute atomic E-state index is 13.2. The van der Waals surface area contributed by atoms with Gasteiger partial charge in [-0.25, -0.2) is 4.98 Å². The molecule has 0 saturated heterocycles. The number of carbonyl (C=O) groups is 1. The Balaban J connectivity index is 2.15. The molecule has 0 unspecified atom stereocenters. The Morgan fingerprint density at radius 2 is 1.85 bits per heavy atom. The van der Waals surface area contributed by atoms with Crippen molar-refractivity contribution in [2.75, 3.05) is 0 Å². The molecule has 0 bridgehead atoms. The van der Waals surface area contributed by atoms with E-state index in [-0.39, 0.29) is 17.4 Å². The van der Waals surface area contributed by atoms with Crippen molar-refractivity contribution in [2.45, 2.75) is 72.3 Å². The van der Waals surface area contributed by atoms with E-state index in [1.807, 2.05) is 24.5 Å². The summed E-state index contributed by atoms with van der Waals surface area (Å²) in [5.41, 5.74) is 10.9. The minimum atomic E-state index is -0.0297. The summed E-state index contributed by atoms with van der Waals surface area (Å²) in [6.07, 6.45) is 7.80. The van der Waals surface area contributed by atoms with Gasteiger partial charge in [-0.05, 0) is 63.3 Å². The van der Waals surface area contributed by atoms with Crippen LogP contribution < -0.4 is 11.3 Å². The zero-order chi connectivity index (χ0) is 19.7. The molecule has 0 atom stereocenters. The maximum atomic E-state index is 13.2. The predicted molar refractivity (Wildman–Crippen MR) is 109 cm³/mol. The van der Waals surface area contributed by atoms with Gasteiger partial charge in [0.2, 0.25) is 0 Å². The van der Waals surface area contributed by atoms with Crippen LogP contribution >= 0.6 is 0 Å². The molecule has 1 aromatic heterocycles. The first-order chi connectivity index (χ1) is 12.8. The molecule has 1 aliphatic carbocycles. The lowest BCUT2D eigenvalue weighted by molar-refractivity contribution is -0.113. The topological polar surface area (TPSA) is 78.0 Å². The second-order valence-corrected chi connectivity index (χ2v) is 7.83. The number of rotatable bonds is 4. The molecule has 1 aliphatic rings. The molecule has 27 heavy (non-hydrogen) atoms. The van der Waals surface area contributed by atoms with Crippen LogP contribution in [0.5, 0.6) is 0 Å². The predicted octanol–water partition coefficient (Wildman–Crippen LogP) is 3.88. The number of carbonyl (C=O) groups excluding carboxylic acids is 1. The number of hydrogen-bond donors (Lipinski definition) is 1. The van der Waals surface area contributed by atoms with Gasteiger partial charge in [0.15, 0.2) is 5.78 Å². The number of ketones is 1. The lowest BCUT2D eigenvalue weighted by atomic mass is 9.92. The third-order valence-electron chi connectivity index (χ3n) is 5.99. The van der Waals surface area contributed by atoms with Crippen molar-refractivity contribution in [1.29, 1.82) is 0 Å². The minimum absolute atomic E-state index is 0.0223. The van der Waals surface area contributed by atoms with E-state index in [1.54, 1.807) is 13.3 Å². The number of benzene rings is 1. The zero-order valence-electron chi connectivity index (χ0n) is 16.8. The molecule has 1 saturated carbocycles. The van der Waals surface area contributed by atoms with Crippen LogP contribution in [0.25, 0.3) is 10.9 Å². The largest absolute Gasteiger partial charge is 0.402 e. The van der Waals surface area contributed by atoms with E-state index in [0.717, 1.165) is 47.9 Å². The van der Waals surface area contributed by atoms with Crippen molar-refractivity contribution < 1.29 is 4.79 Å². The van der Waals surface area contributed by atoms with E-state index in [2.05, 4.69) is 4.98 Å². The summed E-state index contributed by atoms with van der Waals surface area (Å²) in [4.78, 5) is 29.8. The molecule has 0 spiro atoms. The van der Waals surface area contributed by atoms with Crippen LogP contribution in [-0.4, -0.2) is 15.3 Å². The number of fused-ring (bicyclic) bond motifs is 1. The summed E-state index contributed by atoms with van der Waals surface area (Å²) in [5.74, 6) is -0.0297. The fourth-order valence-corrected chi connectivity index (χ4v) is 4.15. The van der Waals surface area contributed by atoms with E-state index in [0.29, 0.717) is 23.1 Å². The third kappa shape index (κ3) is 3.68. The van der Waals surface area contributed by atoms with Gasteiger partial charge >= 0.3 is 0 Å². The summed E-state index contributed by atoms with van der Waals surface area (Å²) >= 11 is 0. The summed E-state index contributed by atoms with van der Waals surface area (Å²) in [6.45, 7) is 7.29. The smallest absolute Gasteiger partial charge is 0.261 e. The summed E-state index contributed by atoms with van der Waals surface area (Å²) in [5, 5.41) is 0.638. The number of hydrogen-bond acceptors (Lipinski definition) is 4. The highest BCUT2D eigenvalue weighted by molar-refractivity contribution is 5.94. The van der Waals surface area contributed by atoms with Crippen LogP contribution in [0.2, 0.25) is 0 Å². The third-order valence-corrected chi connectivity index (χ3v) is 5.99. The van der Waals surface area contributed by atoms with Crippen LogP contribution in [0.3, 0.4) is 0 Å². The van der Waals surface area contributed by atoms with Gasteiger partial charge in [-0.3, -0.25) is 14.2 Å². The number of nitrogens with two attached hydrogens (primary N) is 1. The van der Waals surface area contributed by atoms with E-state index in [4.69, 9.17) is 5.73 Å². The second kappa shape index (κ2) is 7.67. The van der Waals surface area contributed by atoms with Crippen molar-refractivity contribution in [1.82, 2.24) is 9.55 Å². The highest BCUT2D eigenvalue weighted by Crippen LogP contribution is 2.28. The monoisotopic (exact) mass is 367 g/mol. The summed E-state index contributed by atoms with van der Waals surface area (Å²) in [7, 11) is 0. The minimum Gasteiger partial charge on any atom is -0.402 e. The van der Waals surface area contributed by atoms with Crippen LogP contribution in [0.4, 0.5) is 0 Å². The molecular weight excluding hydrogens is 338 g/mol. The van der Waals surface area contributed by atoms with E-state index < -0.39 is 0 Å². The first-order valence-electron chi connectivity index (χ1n) is 9.77. The lowest BCUT2D eigenvalue weighted by Crippen LogP contribution is -2.27. The van der Waals surface area contributed by atoms with Gasteiger partial charge in [0.1, 0.15) is 0 Å². The summed E-state index contributed by atoms with van der Waals surface area (Å²) in [6, 6.07) is 2.16. The molecule has 144 valence electrons. The van der Waals surface area contributed by atoms with Crippen LogP contribution in [0.1, 0.15) is 68.7 Å². The average Bonchev–Trinajstić information content (AvgIpc) is 2.64. The first-order valence-corrected chi connectivity index (χ1v) is 9.77. The van der Waals surface area contributed by atoms with Gasteiger partial charge in [-0.15, -0.1) is 0 Å². The first kappa shape index (κ1) is 19.3. The fourth-order valence-electron chi connectivity index (χ4n) is 4.15. The number of nitrogens with zero attached hydrogens (tertiary/aromatic N) is 2. The van der Waals surface area contributed by atoms with Crippen LogP contribution in [0, 0.1) is 13.8 Å². The molecule has 5 heteroatoms. The number of aromatic nitrogens is 2. The zero-order valence-corrected chi connectivity index (χ0v) is 16.8. The number of allylic oxidation sites excluding steroid dienone is 2. The number of Topliss-reactive ketones (excluding diaryl/α,β-unsaturated/α-hetero) is 1. The van der Waals surface area contributed by atoms with Gasteiger partial charge in [-0.1, -0.05) is 19.3 Å². The molecule has 2 N–H and O–H groups in total. The molecule has 0 aliphatic heterocycles. The second-order valence-electron chi connectivity index (χ2n) is 7.83. The normalized spacial score (nSPS) is 16.4. The molecular formula is C22H29N3O2. The van der Waals surface area contributed by atoms with Crippen molar-refractivity contribution in [3.05, 3.63) is 50.7 Å². The molecule has 2 aromatic rings. The van der Waals surface area contributed by atoms with Gasteiger partial charge < -0.3 is 5.73 Å². The van der Waals surface area contributed by atoms with Crippen LogP contribution in [0.15, 0.2) is 28.5 Å². The Kier molecular flexibility index (Phi) is 5.49. The van der Waals surface area contributed by atoms with Gasteiger partial charge in [0.05, 0.1) is 17.2 Å². The lowest BCUT2D eigenvalue weighted by Gasteiger charge is -2.24. The van der Waals surface area contributed by atoms with E-state index in [1.165, 1.54) is 13.3 Å². The van der Waals surface area contributed by atoms with Gasteiger partial charge in [-0.2, -0.15) is 0 Å². The Hall–Kier alpha value is -2.43. The van der Waals surface area contributed by atoms with E-state index in [9.17, 15) is 9.59 Å². The highest BCUT2D eigenvalue weighted by Gasteiger charge is 2.20. The number of aryl methyl sites for hydroxylation is 1. The highest BCUT2D eigenvalue weighted by atomic mass is 16.1. The molecule has 0 radical (unpaired) electrons. The standard InChI is InChI=1S/C22H29N3O2/c1-13-14(2)21-20(11-17(13)10-19(15(3)23)16(4)26)22(27)25(12-24-21)18-8-6-5-7-9-18/h11-12,18H,5-10,23H2,1-4H3. The van der Waals surface area contributed by atoms with Crippen molar-refractivity contribution in [3.8, 4) is 0 Å². The molecule has 3 rings (SSSR count). The van der Waals surface area contributed by atoms with Crippen molar-refractivity contribution in [2.24, 2.45) is 5.73 Å². The van der Waals surface area contributed by atoms with Crippen LogP contribution in [-0.2, 0) is 11.2 Å². The Bertz CT molecular complexity index is 975. The molecule has 0 amide bonds. The average molecular weight is 367 g/mol. The SMILES string of the molecule is CC(=O)C(Cc1cc2c(=O)n(C3CCCCC3)cnc2c(C)c1C)=C(C)N. The summed E-state index contributed by atoms with van der Waals surface area (Å²) < 4.78 is 1.82.